The van der Waals surface area contributed by atoms with Gasteiger partial charge in [-0.1, -0.05) is 84.9 Å². The fourth-order valence-corrected chi connectivity index (χ4v) is 7.89. The normalized spacial score (nSPS) is 12.5. The first-order chi connectivity index (χ1) is 23.1. The number of aryl methyl sites for hydroxylation is 2. The van der Waals surface area contributed by atoms with Crippen LogP contribution in [0.2, 0.25) is 0 Å². The summed E-state index contributed by atoms with van der Waals surface area (Å²) >= 11 is 0. The lowest BCUT2D eigenvalue weighted by Crippen LogP contribution is -2.28. The molecule has 0 aliphatic carbocycles. The molecule has 0 unspecified atom stereocenters. The van der Waals surface area contributed by atoms with Gasteiger partial charge in [0.25, 0.3) is 5.52 Å². The van der Waals surface area contributed by atoms with Crippen LogP contribution < -0.4 is 4.57 Å². The van der Waals surface area contributed by atoms with Gasteiger partial charge in [-0.3, -0.25) is 0 Å². The molecule has 0 N–H and O–H groups in total. The first kappa shape index (κ1) is 25.1. The zero-order chi connectivity index (χ0) is 31.0. The minimum atomic E-state index is 0.755. The van der Waals surface area contributed by atoms with Crippen molar-refractivity contribution in [2.24, 2.45) is 7.05 Å². The highest BCUT2D eigenvalue weighted by Crippen LogP contribution is 2.43. The number of nitrogens with zero attached hydrogens (tertiary/aromatic N) is 1. The topological polar surface area (TPSA) is 43.3 Å². The maximum Gasteiger partial charge on any atom is 0.385 e. The van der Waals surface area contributed by atoms with Crippen molar-refractivity contribution in [3.05, 3.63) is 127 Å². The molecule has 0 atom stereocenters. The molecule has 0 radical (unpaired) electrons. The zero-order valence-electron chi connectivity index (χ0n) is 25.7. The van der Waals surface area contributed by atoms with E-state index in [9.17, 15) is 0 Å². The molecule has 4 nitrogen and oxygen atoms in total. The van der Waals surface area contributed by atoms with E-state index in [1.807, 2.05) is 0 Å². The Balaban J connectivity index is 1.20. The molecule has 0 aliphatic heterocycles. The number of fused-ring (bicyclic) bond motifs is 14. The van der Waals surface area contributed by atoms with Crippen molar-refractivity contribution in [1.82, 2.24) is 0 Å². The number of hydrogen-bond donors (Lipinski definition) is 0. The monoisotopic (exact) mass is 604 g/mol. The van der Waals surface area contributed by atoms with Gasteiger partial charge in [-0.05, 0) is 85.9 Å². The Morgan fingerprint density at radius 3 is 1.91 bits per heavy atom. The number of oxazole rings is 1. The van der Waals surface area contributed by atoms with Crippen LogP contribution in [0.3, 0.4) is 0 Å². The van der Waals surface area contributed by atoms with Gasteiger partial charge in [-0.15, -0.1) is 0 Å². The molecule has 0 aliphatic rings. The molecule has 0 spiro atoms. The Morgan fingerprint density at radius 1 is 0.447 bits per heavy atom. The number of aromatic nitrogens is 1. The summed E-state index contributed by atoms with van der Waals surface area (Å²) in [5.41, 5.74) is 7.23. The lowest BCUT2D eigenvalue weighted by atomic mass is 9.99. The SMILES string of the molecule is Cc1ccc2c(oc3cc4c(ccc5ccccc54)cc32)c1-c1oc2c3c(ccc2[n+]1C)oc1cc2ccc4ccccc4c2cc13. The van der Waals surface area contributed by atoms with Gasteiger partial charge in [0.1, 0.15) is 29.4 Å². The van der Waals surface area contributed by atoms with Crippen molar-refractivity contribution in [3.63, 3.8) is 0 Å². The zero-order valence-corrected chi connectivity index (χ0v) is 25.7. The van der Waals surface area contributed by atoms with Gasteiger partial charge < -0.3 is 13.3 Å². The van der Waals surface area contributed by atoms with Crippen molar-refractivity contribution in [2.75, 3.05) is 0 Å². The summed E-state index contributed by atoms with van der Waals surface area (Å²) in [5.74, 6) is 0.755. The Labute approximate surface area is 267 Å². The van der Waals surface area contributed by atoms with Crippen molar-refractivity contribution in [1.29, 1.82) is 0 Å². The smallest absolute Gasteiger partial charge is 0.385 e. The molecule has 3 aromatic heterocycles. The third-order valence-corrected chi connectivity index (χ3v) is 10.2. The molecular weight excluding hydrogens is 578 g/mol. The van der Waals surface area contributed by atoms with Crippen LogP contribution in [0.1, 0.15) is 5.56 Å². The first-order valence-electron chi connectivity index (χ1n) is 16.0. The molecule has 0 saturated heterocycles. The molecule has 3 heterocycles. The highest BCUT2D eigenvalue weighted by atomic mass is 16.4. The summed E-state index contributed by atoms with van der Waals surface area (Å²) in [6.07, 6.45) is 0. The average Bonchev–Trinajstić information content (AvgIpc) is 3.76. The van der Waals surface area contributed by atoms with E-state index in [4.69, 9.17) is 13.3 Å². The summed E-state index contributed by atoms with van der Waals surface area (Å²) in [5, 5.41) is 13.9. The molecule has 4 heteroatoms. The van der Waals surface area contributed by atoms with E-state index in [0.29, 0.717) is 0 Å². The minimum absolute atomic E-state index is 0.755. The van der Waals surface area contributed by atoms with Crippen LogP contribution in [0, 0.1) is 6.92 Å². The Bertz CT molecular complexity index is 3150. The van der Waals surface area contributed by atoms with Crippen LogP contribution >= 0.6 is 0 Å². The number of furan rings is 2. The molecule has 11 aromatic rings. The summed E-state index contributed by atoms with van der Waals surface area (Å²) in [6, 6.07) is 43.2. The Morgan fingerprint density at radius 2 is 1.13 bits per heavy atom. The summed E-state index contributed by atoms with van der Waals surface area (Å²) < 4.78 is 22.3. The van der Waals surface area contributed by atoms with Gasteiger partial charge in [0, 0.05) is 22.2 Å². The van der Waals surface area contributed by atoms with Crippen LogP contribution in [0.25, 0.3) is 110 Å². The lowest BCUT2D eigenvalue weighted by molar-refractivity contribution is -0.637. The standard InChI is InChI=1S/C43H26NO3/c1-23-11-16-30-33-19-26-14-12-25-8-4-6-10-29(25)32(26)22-38(33)46-41(30)39(23)43-44(2)35-17-18-36-40(42(35)47-43)34-21-31-27(20-37(34)45-36)15-13-24-7-3-5-9-28(24)31/h3-22H,1-2H3/q+1. The summed E-state index contributed by atoms with van der Waals surface area (Å²) in [4.78, 5) is 0. The van der Waals surface area contributed by atoms with Gasteiger partial charge in [0.05, 0.1) is 5.39 Å². The van der Waals surface area contributed by atoms with Crippen LogP contribution in [0.5, 0.6) is 0 Å². The third-order valence-electron chi connectivity index (χ3n) is 10.2. The molecule has 0 saturated carbocycles. The van der Waals surface area contributed by atoms with Crippen LogP contribution in [-0.4, -0.2) is 0 Å². The van der Waals surface area contributed by atoms with Gasteiger partial charge >= 0.3 is 5.89 Å². The molecule has 0 amide bonds. The van der Waals surface area contributed by atoms with Gasteiger partial charge in [-0.25, -0.2) is 0 Å². The maximum absolute atomic E-state index is 6.93. The van der Waals surface area contributed by atoms with E-state index < -0.39 is 0 Å². The second-order valence-electron chi connectivity index (χ2n) is 12.8. The van der Waals surface area contributed by atoms with Crippen molar-refractivity contribution in [3.8, 4) is 11.5 Å². The quantitative estimate of drug-likeness (QED) is 0.138. The third kappa shape index (κ3) is 3.29. The van der Waals surface area contributed by atoms with E-state index in [0.717, 1.165) is 77.4 Å². The molecule has 0 bridgehead atoms. The second kappa shape index (κ2) is 8.77. The highest BCUT2D eigenvalue weighted by molar-refractivity contribution is 6.22. The van der Waals surface area contributed by atoms with Gasteiger partial charge in [0.15, 0.2) is 5.58 Å². The Hall–Kier alpha value is -6.13. The van der Waals surface area contributed by atoms with Crippen molar-refractivity contribution >= 4 is 98.1 Å². The fourth-order valence-electron chi connectivity index (χ4n) is 7.89. The minimum Gasteiger partial charge on any atom is -0.456 e. The molecule has 47 heavy (non-hydrogen) atoms. The van der Waals surface area contributed by atoms with Gasteiger partial charge in [0.2, 0.25) is 5.58 Å². The van der Waals surface area contributed by atoms with Gasteiger partial charge in [-0.2, -0.15) is 4.57 Å². The molecule has 220 valence electrons. The van der Waals surface area contributed by atoms with Crippen LogP contribution in [0.4, 0.5) is 0 Å². The van der Waals surface area contributed by atoms with E-state index >= 15 is 0 Å². The largest absolute Gasteiger partial charge is 0.456 e. The summed E-state index contributed by atoms with van der Waals surface area (Å²) in [6.45, 7) is 2.12. The molecule has 8 aromatic carbocycles. The van der Waals surface area contributed by atoms with E-state index in [1.54, 1.807) is 0 Å². The lowest BCUT2D eigenvalue weighted by Gasteiger charge is -2.04. The summed E-state index contributed by atoms with van der Waals surface area (Å²) in [7, 11) is 2.07. The molecule has 11 rings (SSSR count). The predicted octanol–water partition coefficient (Wildman–Crippen LogP) is 11.6. The maximum atomic E-state index is 6.93. The van der Waals surface area contributed by atoms with Crippen LogP contribution in [0.15, 0.2) is 135 Å². The Kier molecular flexibility index (Phi) is 4.69. The number of benzene rings is 8. The number of hydrogen-bond acceptors (Lipinski definition) is 3. The molecule has 0 fully saturated rings. The van der Waals surface area contributed by atoms with Crippen molar-refractivity contribution < 1.29 is 17.8 Å². The van der Waals surface area contributed by atoms with Crippen molar-refractivity contribution in [2.45, 2.75) is 6.92 Å². The van der Waals surface area contributed by atoms with E-state index in [1.165, 1.54) is 37.7 Å². The van der Waals surface area contributed by atoms with E-state index in [-0.39, 0.29) is 0 Å². The fraction of sp³-hybridized carbons (Fsp3) is 0.0465. The molecular formula is C43H26NO3+. The first-order valence-corrected chi connectivity index (χ1v) is 16.0. The van der Waals surface area contributed by atoms with Crippen LogP contribution in [-0.2, 0) is 7.05 Å². The number of rotatable bonds is 1. The second-order valence-corrected chi connectivity index (χ2v) is 12.8. The average molecular weight is 605 g/mol. The van der Waals surface area contributed by atoms with E-state index in [2.05, 4.69) is 140 Å². The highest BCUT2D eigenvalue weighted by Gasteiger charge is 2.30. The predicted molar refractivity (Wildman–Crippen MR) is 192 cm³/mol.